The minimum absolute atomic E-state index is 0.00475. The molecular weight excluding hydrogens is 342 g/mol. The number of guanidine groups is 1. The van der Waals surface area contributed by atoms with Crippen LogP contribution in [0, 0.1) is 5.41 Å². The monoisotopic (exact) mass is 375 g/mol. The van der Waals surface area contributed by atoms with Gasteiger partial charge in [-0.2, -0.15) is 0 Å². The first-order valence-corrected chi connectivity index (χ1v) is 9.24. The number of carbonyl (C=O) groups is 2. The summed E-state index contributed by atoms with van der Waals surface area (Å²) in [6.45, 7) is 7.46. The van der Waals surface area contributed by atoms with Crippen molar-refractivity contribution in [3.05, 3.63) is 35.4 Å². The second kappa shape index (κ2) is 10.5. The fraction of sp³-hybridized carbons (Fsp3) is 0.550. The van der Waals surface area contributed by atoms with Crippen LogP contribution in [0.2, 0.25) is 0 Å². The Bertz CT molecular complexity index is 668. The Labute approximate surface area is 162 Å². The number of amides is 2. The van der Waals surface area contributed by atoms with E-state index in [0.29, 0.717) is 31.2 Å². The lowest BCUT2D eigenvalue weighted by atomic mass is 9.92. The summed E-state index contributed by atoms with van der Waals surface area (Å²) in [4.78, 5) is 29.9. The van der Waals surface area contributed by atoms with Crippen molar-refractivity contribution in [3.63, 3.8) is 0 Å². The van der Waals surface area contributed by atoms with Crippen molar-refractivity contribution in [2.75, 3.05) is 40.8 Å². The Kier molecular flexibility index (Phi) is 8.78. The van der Waals surface area contributed by atoms with E-state index in [4.69, 9.17) is 0 Å². The maximum atomic E-state index is 12.1. The molecule has 0 aliphatic carbocycles. The van der Waals surface area contributed by atoms with E-state index in [-0.39, 0.29) is 11.8 Å². The summed E-state index contributed by atoms with van der Waals surface area (Å²) >= 11 is 0. The Morgan fingerprint density at radius 2 is 1.85 bits per heavy atom. The van der Waals surface area contributed by atoms with Crippen molar-refractivity contribution in [2.45, 2.75) is 27.2 Å². The molecule has 0 spiro atoms. The average Bonchev–Trinajstić information content (AvgIpc) is 2.64. The number of rotatable bonds is 8. The van der Waals surface area contributed by atoms with Gasteiger partial charge in [-0.25, -0.2) is 0 Å². The number of nitrogens with zero attached hydrogens (tertiary/aromatic N) is 2. The maximum Gasteiger partial charge on any atom is 0.253 e. The third-order valence-electron chi connectivity index (χ3n) is 4.16. The van der Waals surface area contributed by atoms with Crippen LogP contribution in [0.3, 0.4) is 0 Å². The van der Waals surface area contributed by atoms with Crippen molar-refractivity contribution in [2.24, 2.45) is 10.4 Å². The van der Waals surface area contributed by atoms with Crippen LogP contribution in [0.5, 0.6) is 0 Å². The zero-order valence-electron chi connectivity index (χ0n) is 17.3. The quantitative estimate of drug-likeness (QED) is 0.472. The first kappa shape index (κ1) is 22.5. The van der Waals surface area contributed by atoms with Crippen molar-refractivity contribution >= 4 is 17.8 Å². The number of aliphatic imine (C=N–C) groups is 1. The highest BCUT2D eigenvalue weighted by atomic mass is 16.2. The van der Waals surface area contributed by atoms with E-state index in [1.807, 2.05) is 45.0 Å². The number of nitrogens with one attached hydrogen (secondary N) is 3. The molecule has 7 nitrogen and oxygen atoms in total. The first-order valence-electron chi connectivity index (χ1n) is 9.24. The molecule has 0 saturated heterocycles. The number of benzene rings is 1. The van der Waals surface area contributed by atoms with E-state index in [1.165, 1.54) is 0 Å². The van der Waals surface area contributed by atoms with Gasteiger partial charge in [0, 0.05) is 46.3 Å². The van der Waals surface area contributed by atoms with Crippen molar-refractivity contribution in [3.8, 4) is 0 Å². The summed E-state index contributed by atoms with van der Waals surface area (Å²) in [5.41, 5.74) is 1.23. The van der Waals surface area contributed by atoms with Gasteiger partial charge < -0.3 is 20.9 Å². The van der Waals surface area contributed by atoms with Crippen molar-refractivity contribution in [1.82, 2.24) is 20.9 Å². The number of hydrogen-bond acceptors (Lipinski definition) is 3. The summed E-state index contributed by atoms with van der Waals surface area (Å²) in [6, 6.07) is 7.64. The van der Waals surface area contributed by atoms with Crippen LogP contribution in [0.25, 0.3) is 0 Å². The fourth-order valence-electron chi connectivity index (χ4n) is 2.45. The van der Waals surface area contributed by atoms with Crippen LogP contribution >= 0.6 is 0 Å². The van der Waals surface area contributed by atoms with Crippen LogP contribution in [0.15, 0.2) is 29.3 Å². The molecule has 0 aromatic heterocycles. The third-order valence-corrected chi connectivity index (χ3v) is 4.16. The van der Waals surface area contributed by atoms with Gasteiger partial charge in [-0.05, 0) is 44.9 Å². The molecule has 0 bridgehead atoms. The summed E-state index contributed by atoms with van der Waals surface area (Å²) in [6.07, 6.45) is 0.759. The van der Waals surface area contributed by atoms with Gasteiger partial charge >= 0.3 is 0 Å². The Hall–Kier alpha value is -2.57. The first-order chi connectivity index (χ1) is 12.7. The molecule has 1 aromatic rings. The molecule has 0 aliphatic heterocycles. The van der Waals surface area contributed by atoms with Gasteiger partial charge in [0.05, 0.1) is 5.41 Å². The van der Waals surface area contributed by atoms with Crippen LogP contribution < -0.4 is 16.0 Å². The highest BCUT2D eigenvalue weighted by Gasteiger charge is 2.27. The van der Waals surface area contributed by atoms with E-state index >= 15 is 0 Å². The molecule has 3 N–H and O–H groups in total. The molecular formula is C20H33N5O2. The largest absolute Gasteiger partial charge is 0.356 e. The molecule has 0 unspecified atom stereocenters. The summed E-state index contributed by atoms with van der Waals surface area (Å²) in [5.74, 6) is 0.651. The molecule has 150 valence electrons. The van der Waals surface area contributed by atoms with Crippen LogP contribution in [0.4, 0.5) is 0 Å². The second-order valence-corrected chi connectivity index (χ2v) is 7.25. The topological polar surface area (TPSA) is 85.8 Å². The van der Waals surface area contributed by atoms with Gasteiger partial charge in [0.1, 0.15) is 0 Å². The molecule has 7 heteroatoms. The average molecular weight is 376 g/mol. The summed E-state index contributed by atoms with van der Waals surface area (Å²) < 4.78 is 0. The molecule has 1 rings (SSSR count). The summed E-state index contributed by atoms with van der Waals surface area (Å²) in [7, 11) is 5.19. The zero-order valence-corrected chi connectivity index (χ0v) is 17.3. The van der Waals surface area contributed by atoms with Gasteiger partial charge in [-0.1, -0.05) is 12.1 Å². The lowest BCUT2D eigenvalue weighted by molar-refractivity contribution is -0.128. The second-order valence-electron chi connectivity index (χ2n) is 7.25. The van der Waals surface area contributed by atoms with Gasteiger partial charge in [0.2, 0.25) is 5.91 Å². The zero-order chi connectivity index (χ0) is 20.4. The highest BCUT2D eigenvalue weighted by Crippen LogP contribution is 2.13. The molecule has 0 aliphatic rings. The Morgan fingerprint density at radius 3 is 2.44 bits per heavy atom. The Morgan fingerprint density at radius 1 is 1.15 bits per heavy atom. The molecule has 27 heavy (non-hydrogen) atoms. The van der Waals surface area contributed by atoms with E-state index in [9.17, 15) is 9.59 Å². The van der Waals surface area contributed by atoms with E-state index in [0.717, 1.165) is 12.0 Å². The van der Waals surface area contributed by atoms with E-state index in [1.54, 1.807) is 26.0 Å². The SMILES string of the molecule is CCNC(=O)C(C)(C)CNC(=NC)NCCc1cccc(C(=O)N(C)C)c1. The molecule has 0 saturated carbocycles. The predicted molar refractivity (Wildman–Crippen MR) is 110 cm³/mol. The van der Waals surface area contributed by atoms with E-state index in [2.05, 4.69) is 20.9 Å². The van der Waals surface area contributed by atoms with Crippen LogP contribution in [0.1, 0.15) is 36.7 Å². The van der Waals surface area contributed by atoms with Gasteiger partial charge in [-0.15, -0.1) is 0 Å². The smallest absolute Gasteiger partial charge is 0.253 e. The van der Waals surface area contributed by atoms with Gasteiger partial charge in [0.25, 0.3) is 5.91 Å². The van der Waals surface area contributed by atoms with Crippen LogP contribution in [-0.4, -0.2) is 63.5 Å². The highest BCUT2D eigenvalue weighted by molar-refractivity contribution is 5.94. The van der Waals surface area contributed by atoms with Crippen molar-refractivity contribution in [1.29, 1.82) is 0 Å². The third kappa shape index (κ3) is 7.29. The molecule has 0 radical (unpaired) electrons. The number of hydrogen-bond donors (Lipinski definition) is 3. The summed E-state index contributed by atoms with van der Waals surface area (Å²) in [5, 5.41) is 9.29. The standard InChI is InChI=1S/C20H33N5O2/c1-7-22-18(27)20(2,3)14-24-19(21-4)23-12-11-15-9-8-10-16(13-15)17(26)25(5)6/h8-10,13H,7,11-12,14H2,1-6H3,(H,22,27)(H2,21,23,24). The molecule has 0 heterocycles. The van der Waals surface area contributed by atoms with E-state index < -0.39 is 5.41 Å². The lowest BCUT2D eigenvalue weighted by Gasteiger charge is -2.24. The van der Waals surface area contributed by atoms with Crippen molar-refractivity contribution < 1.29 is 9.59 Å². The van der Waals surface area contributed by atoms with Crippen LogP contribution in [-0.2, 0) is 11.2 Å². The lowest BCUT2D eigenvalue weighted by Crippen LogP contribution is -2.48. The maximum absolute atomic E-state index is 12.1. The fourth-order valence-corrected chi connectivity index (χ4v) is 2.45. The van der Waals surface area contributed by atoms with Gasteiger partial charge in [-0.3, -0.25) is 14.6 Å². The van der Waals surface area contributed by atoms with Gasteiger partial charge in [0.15, 0.2) is 5.96 Å². The Balaban J connectivity index is 2.54. The molecule has 2 amide bonds. The number of carbonyl (C=O) groups excluding carboxylic acids is 2. The normalized spacial score (nSPS) is 11.7. The minimum atomic E-state index is -0.533. The predicted octanol–water partition coefficient (Wildman–Crippen LogP) is 1.26. The minimum Gasteiger partial charge on any atom is -0.356 e. The molecule has 0 atom stereocenters. The molecule has 0 fully saturated rings. The molecule has 1 aromatic carbocycles.